The van der Waals surface area contributed by atoms with Gasteiger partial charge in [0.25, 0.3) is 0 Å². The van der Waals surface area contributed by atoms with Crippen molar-refractivity contribution in [3.05, 3.63) is 72.3 Å². The number of fused-ring (bicyclic) bond motifs is 8. The maximum Gasteiger partial charge on any atom is 0.139 e. The second-order valence-electron chi connectivity index (χ2n) is 15.9. The van der Waals surface area contributed by atoms with Crippen LogP contribution in [0.5, 0.6) is 0 Å². The van der Waals surface area contributed by atoms with Crippen molar-refractivity contribution in [3.63, 3.8) is 0 Å². The molecule has 2 aromatic heterocycles. The van der Waals surface area contributed by atoms with Crippen molar-refractivity contribution in [3.8, 4) is 0 Å². The molecule has 2 fully saturated rings. The molecular weight excluding hydrogens is 576 g/mol. The highest BCUT2D eigenvalue weighted by Crippen LogP contribution is 2.45. The number of nitrogens with zero attached hydrogens (tertiary/aromatic N) is 2. The molecule has 0 N–H and O–H groups in total. The Morgan fingerprint density at radius 2 is 1.04 bits per heavy atom. The Kier molecular flexibility index (Phi) is 6.58. The minimum Gasteiger partial charge on any atom is -0.456 e. The van der Waals surface area contributed by atoms with Crippen molar-refractivity contribution in [2.75, 3.05) is 36.0 Å². The monoisotopic (exact) mass is 622 g/mol. The van der Waals surface area contributed by atoms with Gasteiger partial charge in [-0.15, -0.1) is 0 Å². The van der Waals surface area contributed by atoms with Crippen LogP contribution < -0.4 is 9.80 Å². The van der Waals surface area contributed by atoms with E-state index in [1.54, 1.807) is 0 Å². The fourth-order valence-corrected chi connectivity index (χ4v) is 9.35. The largest absolute Gasteiger partial charge is 0.456 e. The second kappa shape index (κ2) is 10.7. The summed E-state index contributed by atoms with van der Waals surface area (Å²) in [6.45, 7) is 18.6. The van der Waals surface area contributed by atoms with Gasteiger partial charge in [0.2, 0.25) is 0 Å². The summed E-state index contributed by atoms with van der Waals surface area (Å²) in [4.78, 5) is 5.13. The van der Waals surface area contributed by atoms with Gasteiger partial charge < -0.3 is 18.6 Å². The van der Waals surface area contributed by atoms with Crippen LogP contribution in [-0.4, -0.2) is 26.2 Å². The molecular formula is C43H46N2O2. The summed E-state index contributed by atoms with van der Waals surface area (Å²) < 4.78 is 13.5. The molecule has 4 atom stereocenters. The quantitative estimate of drug-likeness (QED) is 0.196. The Hall–Kier alpha value is -4.18. The first kappa shape index (κ1) is 29.0. The average Bonchev–Trinajstić information content (AvgIpc) is 3.56. The Labute approximate surface area is 277 Å². The first-order valence-electron chi connectivity index (χ1n) is 17.9. The average molecular weight is 623 g/mol. The van der Waals surface area contributed by atoms with E-state index in [1.807, 2.05) is 0 Å². The standard InChI is InChI=1S/C43H46N2O2/c1-24(2)41-42-37-16-30-8-10-34(45-22-27(5)12-28(6)23-45)14-32(30)18-39(37)46-40(42)19-36-35-15-29-7-9-33(44-20-25(3)11-26(4)21-44)13-31(29)17-38(35)47-43(36)41/h7-10,13-19,24-28H,11-12,20-23H2,1-6H3. The molecule has 0 spiro atoms. The summed E-state index contributed by atoms with van der Waals surface area (Å²) in [5.74, 6) is 3.16. The van der Waals surface area contributed by atoms with Crippen molar-refractivity contribution in [2.24, 2.45) is 23.7 Å². The van der Waals surface area contributed by atoms with Gasteiger partial charge in [-0.05, 0) is 119 Å². The Bertz CT molecular complexity index is 2280. The topological polar surface area (TPSA) is 32.8 Å². The zero-order valence-corrected chi connectivity index (χ0v) is 28.7. The van der Waals surface area contributed by atoms with E-state index in [9.17, 15) is 0 Å². The molecule has 5 aromatic carbocycles. The lowest BCUT2D eigenvalue weighted by molar-refractivity contribution is 0.357. The maximum absolute atomic E-state index is 6.83. The third kappa shape index (κ3) is 4.78. The molecule has 4 unspecified atom stereocenters. The number of piperidine rings is 2. The molecule has 7 aromatic rings. The number of anilines is 2. The summed E-state index contributed by atoms with van der Waals surface area (Å²) in [7, 11) is 0. The molecule has 0 saturated carbocycles. The van der Waals surface area contributed by atoms with Gasteiger partial charge in [0, 0.05) is 64.7 Å². The molecule has 9 rings (SSSR count). The third-order valence-corrected chi connectivity index (χ3v) is 11.2. The molecule has 47 heavy (non-hydrogen) atoms. The molecule has 4 heterocycles. The van der Waals surface area contributed by atoms with E-state index >= 15 is 0 Å². The first-order chi connectivity index (χ1) is 22.7. The summed E-state index contributed by atoms with van der Waals surface area (Å²) in [6.07, 6.45) is 2.63. The van der Waals surface area contributed by atoms with Crippen LogP contribution in [0.1, 0.15) is 65.9 Å². The van der Waals surface area contributed by atoms with Crippen LogP contribution in [0.15, 0.2) is 75.6 Å². The summed E-state index contributed by atoms with van der Waals surface area (Å²) in [5, 5.41) is 9.62. The van der Waals surface area contributed by atoms with Crippen LogP contribution in [-0.2, 0) is 0 Å². The van der Waals surface area contributed by atoms with E-state index in [2.05, 4.69) is 118 Å². The number of hydrogen-bond donors (Lipinski definition) is 0. The molecule has 0 bridgehead atoms. The fraction of sp³-hybridized carbons (Fsp3) is 0.395. The molecule has 2 saturated heterocycles. The summed E-state index contributed by atoms with van der Waals surface area (Å²) in [6, 6.07) is 25.3. The van der Waals surface area contributed by atoms with Gasteiger partial charge >= 0.3 is 0 Å². The van der Waals surface area contributed by atoms with Crippen LogP contribution in [0.4, 0.5) is 11.4 Å². The zero-order chi connectivity index (χ0) is 32.1. The number of benzene rings is 5. The summed E-state index contributed by atoms with van der Waals surface area (Å²) in [5.41, 5.74) is 7.70. The minimum atomic E-state index is 0.271. The van der Waals surface area contributed by atoms with Crippen LogP contribution in [0.2, 0.25) is 0 Å². The van der Waals surface area contributed by atoms with E-state index in [-0.39, 0.29) is 5.92 Å². The van der Waals surface area contributed by atoms with Gasteiger partial charge in [-0.1, -0.05) is 53.7 Å². The SMILES string of the molecule is CC1CC(C)CN(c2ccc3cc4c(cc3c2)oc2c(C(C)C)c3c(cc24)oc2cc4cc(N5CC(C)CC(C)C5)ccc4cc23)C1. The third-order valence-electron chi connectivity index (χ3n) is 11.2. The predicted octanol–water partition coefficient (Wildman–Crippen LogP) is 11.9. The van der Waals surface area contributed by atoms with Gasteiger partial charge in [0.15, 0.2) is 0 Å². The molecule has 240 valence electrons. The van der Waals surface area contributed by atoms with Crippen molar-refractivity contribution in [1.82, 2.24) is 0 Å². The lowest BCUT2D eigenvalue weighted by Crippen LogP contribution is -2.38. The van der Waals surface area contributed by atoms with E-state index in [0.29, 0.717) is 0 Å². The van der Waals surface area contributed by atoms with Crippen LogP contribution >= 0.6 is 0 Å². The van der Waals surface area contributed by atoms with Gasteiger partial charge in [-0.2, -0.15) is 0 Å². The van der Waals surface area contributed by atoms with Crippen molar-refractivity contribution in [1.29, 1.82) is 0 Å². The van der Waals surface area contributed by atoms with E-state index in [4.69, 9.17) is 8.83 Å². The van der Waals surface area contributed by atoms with Gasteiger partial charge in [-0.25, -0.2) is 0 Å². The smallest absolute Gasteiger partial charge is 0.139 e. The van der Waals surface area contributed by atoms with Crippen molar-refractivity contribution < 1.29 is 8.83 Å². The van der Waals surface area contributed by atoms with Gasteiger partial charge in [0.05, 0.1) is 0 Å². The maximum atomic E-state index is 6.83. The first-order valence-corrected chi connectivity index (χ1v) is 17.9. The number of furan rings is 2. The predicted molar refractivity (Wildman–Crippen MR) is 200 cm³/mol. The molecule has 2 aliphatic rings. The lowest BCUT2D eigenvalue weighted by atomic mass is 9.91. The molecule has 0 amide bonds. The highest BCUT2D eigenvalue weighted by Gasteiger charge is 2.25. The minimum absolute atomic E-state index is 0.271. The lowest BCUT2D eigenvalue weighted by Gasteiger charge is -2.36. The molecule has 4 nitrogen and oxygen atoms in total. The number of hydrogen-bond acceptors (Lipinski definition) is 4. The second-order valence-corrected chi connectivity index (χ2v) is 15.9. The normalized spacial score (nSPS) is 22.7. The highest BCUT2D eigenvalue weighted by molar-refractivity contribution is 6.20. The molecule has 2 aliphatic heterocycles. The summed E-state index contributed by atoms with van der Waals surface area (Å²) >= 11 is 0. The molecule has 0 aliphatic carbocycles. The fourth-order valence-electron chi connectivity index (χ4n) is 9.35. The van der Waals surface area contributed by atoms with Crippen molar-refractivity contribution >= 4 is 76.8 Å². The Morgan fingerprint density at radius 1 is 0.532 bits per heavy atom. The van der Waals surface area contributed by atoms with Crippen LogP contribution in [0, 0.1) is 23.7 Å². The molecule has 0 radical (unpaired) electrons. The van der Waals surface area contributed by atoms with Crippen LogP contribution in [0.25, 0.3) is 65.4 Å². The van der Waals surface area contributed by atoms with E-state index in [0.717, 1.165) is 83.0 Å². The molecule has 4 heteroatoms. The van der Waals surface area contributed by atoms with Gasteiger partial charge in [-0.3, -0.25) is 0 Å². The number of rotatable bonds is 3. The van der Waals surface area contributed by atoms with E-state index in [1.165, 1.54) is 62.1 Å². The zero-order valence-electron chi connectivity index (χ0n) is 28.7. The highest BCUT2D eigenvalue weighted by atomic mass is 16.3. The Balaban J connectivity index is 1.18. The van der Waals surface area contributed by atoms with Gasteiger partial charge in [0.1, 0.15) is 22.3 Å². The van der Waals surface area contributed by atoms with Crippen LogP contribution in [0.3, 0.4) is 0 Å². The van der Waals surface area contributed by atoms with E-state index < -0.39 is 0 Å². The Morgan fingerprint density at radius 3 is 1.57 bits per heavy atom. The van der Waals surface area contributed by atoms with Crippen molar-refractivity contribution in [2.45, 2.75) is 60.3 Å².